The highest BCUT2D eigenvalue weighted by Crippen LogP contribution is 2.23. The first-order valence-corrected chi connectivity index (χ1v) is 9.45. The monoisotopic (exact) mass is 334 g/mol. The maximum absolute atomic E-state index is 8.90. The van der Waals surface area contributed by atoms with Crippen LogP contribution in [0.5, 0.6) is 0 Å². The van der Waals surface area contributed by atoms with E-state index in [0.717, 1.165) is 50.4 Å². The first kappa shape index (κ1) is 19.1. The molecule has 5 heteroatoms. The van der Waals surface area contributed by atoms with Crippen molar-refractivity contribution in [1.82, 2.24) is 19.9 Å². The molecule has 0 aromatic carbocycles. The van der Waals surface area contributed by atoms with Crippen LogP contribution in [-0.2, 0) is 6.42 Å². The number of piperidine rings is 1. The van der Waals surface area contributed by atoms with Crippen molar-refractivity contribution >= 4 is 0 Å². The van der Waals surface area contributed by atoms with Gasteiger partial charge in [-0.2, -0.15) is 0 Å². The van der Waals surface area contributed by atoms with E-state index in [-0.39, 0.29) is 6.61 Å². The van der Waals surface area contributed by atoms with Crippen molar-refractivity contribution in [3.8, 4) is 0 Å². The molecule has 2 rings (SSSR count). The number of allylic oxidation sites excluding steroid dienone is 2. The third-order valence-corrected chi connectivity index (χ3v) is 4.86. The Morgan fingerprint density at radius 1 is 1.38 bits per heavy atom. The predicted molar refractivity (Wildman–Crippen MR) is 98.0 cm³/mol. The molecule has 0 amide bonds. The molecule has 1 aromatic rings. The summed E-state index contributed by atoms with van der Waals surface area (Å²) in [6.45, 7) is 10.5. The van der Waals surface area contributed by atoms with Crippen LogP contribution in [0.1, 0.15) is 64.6 Å². The van der Waals surface area contributed by atoms with E-state index in [2.05, 4.69) is 48.3 Å². The third kappa shape index (κ3) is 6.36. The van der Waals surface area contributed by atoms with E-state index in [1.807, 2.05) is 4.68 Å². The number of rotatable bonds is 9. The fourth-order valence-corrected chi connectivity index (χ4v) is 3.42. The highest BCUT2D eigenvalue weighted by atomic mass is 16.2. The molecule has 1 aliphatic heterocycles. The smallest absolute Gasteiger partial charge is 0.0828 e. The summed E-state index contributed by atoms with van der Waals surface area (Å²) in [6, 6.07) is 0.484. The van der Waals surface area contributed by atoms with Gasteiger partial charge in [-0.15, -0.1) is 5.10 Å². The Balaban J connectivity index is 1.71. The number of aryl methyl sites for hydroxylation is 1. The number of hydrogen-bond acceptors (Lipinski definition) is 4. The van der Waals surface area contributed by atoms with Crippen LogP contribution in [-0.4, -0.2) is 51.2 Å². The van der Waals surface area contributed by atoms with Crippen molar-refractivity contribution in [2.24, 2.45) is 5.92 Å². The minimum Gasteiger partial charge on any atom is -0.396 e. The van der Waals surface area contributed by atoms with E-state index in [9.17, 15) is 0 Å². The molecular weight excluding hydrogens is 300 g/mol. The van der Waals surface area contributed by atoms with Gasteiger partial charge in [-0.1, -0.05) is 23.8 Å². The minimum absolute atomic E-state index is 0.219. The van der Waals surface area contributed by atoms with E-state index in [1.54, 1.807) is 0 Å². The van der Waals surface area contributed by atoms with E-state index in [1.165, 1.54) is 25.0 Å². The first-order chi connectivity index (χ1) is 11.6. The Hall–Kier alpha value is -1.20. The molecule has 0 aliphatic carbocycles. The zero-order valence-electron chi connectivity index (χ0n) is 15.6. The molecule has 0 radical (unpaired) electrons. The Labute approximate surface area is 146 Å². The highest BCUT2D eigenvalue weighted by molar-refractivity contribution is 4.95. The summed E-state index contributed by atoms with van der Waals surface area (Å²) >= 11 is 0. The van der Waals surface area contributed by atoms with Crippen LogP contribution in [0.4, 0.5) is 0 Å². The van der Waals surface area contributed by atoms with Gasteiger partial charge >= 0.3 is 0 Å². The van der Waals surface area contributed by atoms with Crippen LogP contribution in [0.25, 0.3) is 0 Å². The van der Waals surface area contributed by atoms with Crippen molar-refractivity contribution in [2.45, 2.75) is 65.3 Å². The summed E-state index contributed by atoms with van der Waals surface area (Å²) in [4.78, 5) is 2.60. The Morgan fingerprint density at radius 3 is 2.79 bits per heavy atom. The number of aliphatic hydroxyl groups is 1. The maximum atomic E-state index is 8.90. The number of aromatic nitrogens is 3. The molecule has 1 saturated heterocycles. The van der Waals surface area contributed by atoms with Gasteiger partial charge in [0, 0.05) is 32.4 Å². The summed E-state index contributed by atoms with van der Waals surface area (Å²) in [7, 11) is 0. The molecule has 24 heavy (non-hydrogen) atoms. The molecule has 136 valence electrons. The lowest BCUT2D eigenvalue weighted by Gasteiger charge is -2.33. The van der Waals surface area contributed by atoms with Gasteiger partial charge in [-0.25, -0.2) is 4.68 Å². The lowest BCUT2D eigenvalue weighted by atomic mass is 10.0. The van der Waals surface area contributed by atoms with Gasteiger partial charge < -0.3 is 10.0 Å². The quantitative estimate of drug-likeness (QED) is 0.705. The largest absolute Gasteiger partial charge is 0.396 e. The van der Waals surface area contributed by atoms with Crippen molar-refractivity contribution in [2.75, 3.05) is 26.2 Å². The van der Waals surface area contributed by atoms with E-state index >= 15 is 0 Å². The van der Waals surface area contributed by atoms with Gasteiger partial charge in [0.15, 0.2) is 0 Å². The lowest BCUT2D eigenvalue weighted by Crippen LogP contribution is -2.37. The number of aliphatic hydroxyl groups excluding tert-OH is 1. The molecule has 1 fully saturated rings. The number of hydrogen-bond donors (Lipinski definition) is 1. The summed E-state index contributed by atoms with van der Waals surface area (Å²) < 4.78 is 2.04. The zero-order chi connectivity index (χ0) is 17.4. The molecule has 0 spiro atoms. The molecule has 0 bridgehead atoms. The Kier molecular flexibility index (Phi) is 7.92. The molecule has 1 N–H and O–H groups in total. The normalized spacial score (nSPS) is 17.8. The van der Waals surface area contributed by atoms with Gasteiger partial charge in [0.25, 0.3) is 0 Å². The average molecular weight is 335 g/mol. The topological polar surface area (TPSA) is 54.2 Å². The number of likely N-dealkylation sites (tertiary alicyclic amines) is 1. The molecule has 1 aromatic heterocycles. The van der Waals surface area contributed by atoms with Gasteiger partial charge in [0.1, 0.15) is 0 Å². The van der Waals surface area contributed by atoms with Crippen molar-refractivity contribution in [3.05, 3.63) is 23.5 Å². The third-order valence-electron chi connectivity index (χ3n) is 4.86. The first-order valence-electron chi connectivity index (χ1n) is 9.45. The van der Waals surface area contributed by atoms with E-state index in [0.29, 0.717) is 6.04 Å². The fraction of sp³-hybridized carbons (Fsp3) is 0.789. The molecule has 0 saturated carbocycles. The van der Waals surface area contributed by atoms with Crippen molar-refractivity contribution < 1.29 is 5.11 Å². The highest BCUT2D eigenvalue weighted by Gasteiger charge is 2.22. The van der Waals surface area contributed by atoms with Crippen LogP contribution in [0.2, 0.25) is 0 Å². The summed E-state index contributed by atoms with van der Waals surface area (Å²) in [5, 5.41) is 17.4. The molecule has 2 heterocycles. The van der Waals surface area contributed by atoms with Crippen LogP contribution in [0.3, 0.4) is 0 Å². The lowest BCUT2D eigenvalue weighted by molar-refractivity contribution is 0.158. The van der Waals surface area contributed by atoms with E-state index in [4.69, 9.17) is 5.11 Å². The average Bonchev–Trinajstić information content (AvgIpc) is 3.02. The molecular formula is C19H34N4O. The Morgan fingerprint density at radius 2 is 2.12 bits per heavy atom. The zero-order valence-corrected chi connectivity index (χ0v) is 15.6. The summed E-state index contributed by atoms with van der Waals surface area (Å²) in [5.74, 6) is 0.758. The molecule has 1 atom stereocenters. The molecule has 1 aliphatic rings. The van der Waals surface area contributed by atoms with Crippen LogP contribution >= 0.6 is 0 Å². The standard InChI is InChI=1S/C19H34N4O/c1-16(2)6-4-7-17(3)14-22-11-9-19(10-12-22)23-15-18(20-21-23)8-5-13-24/h6,15,17,19,24H,4-5,7-14H2,1-3H3/t17-/m0/s1. The second-order valence-electron chi connectivity index (χ2n) is 7.51. The minimum atomic E-state index is 0.219. The molecule has 0 unspecified atom stereocenters. The maximum Gasteiger partial charge on any atom is 0.0828 e. The van der Waals surface area contributed by atoms with Crippen LogP contribution in [0, 0.1) is 5.92 Å². The number of nitrogens with zero attached hydrogens (tertiary/aromatic N) is 4. The second kappa shape index (κ2) is 9.94. The SMILES string of the molecule is CC(C)=CCC[C@H](C)CN1CCC(n2cc(CCCO)nn2)CC1. The van der Waals surface area contributed by atoms with Crippen LogP contribution in [0.15, 0.2) is 17.8 Å². The predicted octanol–water partition coefficient (Wildman–Crippen LogP) is 3.22. The second-order valence-corrected chi connectivity index (χ2v) is 7.51. The van der Waals surface area contributed by atoms with E-state index < -0.39 is 0 Å². The van der Waals surface area contributed by atoms with Crippen molar-refractivity contribution in [3.63, 3.8) is 0 Å². The Bertz CT molecular complexity index is 499. The van der Waals surface area contributed by atoms with Gasteiger partial charge in [0.2, 0.25) is 0 Å². The molecule has 5 nitrogen and oxygen atoms in total. The van der Waals surface area contributed by atoms with Crippen molar-refractivity contribution in [1.29, 1.82) is 0 Å². The summed E-state index contributed by atoms with van der Waals surface area (Å²) in [5.41, 5.74) is 2.42. The van der Waals surface area contributed by atoms with Gasteiger partial charge in [0.05, 0.1) is 11.7 Å². The summed E-state index contributed by atoms with van der Waals surface area (Å²) in [6.07, 6.45) is 10.8. The van der Waals surface area contributed by atoms with Crippen LogP contribution < -0.4 is 0 Å². The van der Waals surface area contributed by atoms with Gasteiger partial charge in [-0.05, 0) is 58.3 Å². The van der Waals surface area contributed by atoms with Gasteiger partial charge in [-0.3, -0.25) is 0 Å². The fourth-order valence-electron chi connectivity index (χ4n) is 3.42.